The van der Waals surface area contributed by atoms with Gasteiger partial charge >= 0.3 is 0 Å². The van der Waals surface area contributed by atoms with Gasteiger partial charge in [0.2, 0.25) is 0 Å². The highest BCUT2D eigenvalue weighted by molar-refractivity contribution is 5.33. The number of rotatable bonds is 3. The summed E-state index contributed by atoms with van der Waals surface area (Å²) in [6, 6.07) is 10.5. The van der Waals surface area contributed by atoms with Gasteiger partial charge in [0.1, 0.15) is 5.82 Å². The van der Waals surface area contributed by atoms with Gasteiger partial charge in [0.05, 0.1) is 12.2 Å². The molecule has 0 saturated heterocycles. The fraction of sp³-hybridized carbons (Fsp3) is 0.438. The number of hydrogen-bond donors (Lipinski definition) is 1. The van der Waals surface area contributed by atoms with E-state index in [0.717, 1.165) is 24.5 Å². The van der Waals surface area contributed by atoms with E-state index in [2.05, 4.69) is 57.1 Å². The Morgan fingerprint density at radius 3 is 2.37 bits per heavy atom. The summed E-state index contributed by atoms with van der Waals surface area (Å²) >= 11 is 0. The molecule has 0 radical (unpaired) electrons. The Hall–Kier alpha value is -1.77. The maximum atomic E-state index is 6.04. The number of anilines is 1. The van der Waals surface area contributed by atoms with Crippen molar-refractivity contribution >= 4 is 5.82 Å². The molecule has 3 nitrogen and oxygen atoms in total. The highest BCUT2D eigenvalue weighted by Gasteiger charge is 2.15. The van der Waals surface area contributed by atoms with Crippen molar-refractivity contribution in [1.82, 2.24) is 9.78 Å². The molecule has 0 spiro atoms. The summed E-state index contributed by atoms with van der Waals surface area (Å²) in [5.41, 5.74) is 9.83. The van der Waals surface area contributed by atoms with E-state index in [4.69, 9.17) is 5.73 Å². The van der Waals surface area contributed by atoms with Crippen LogP contribution in [-0.2, 0) is 13.0 Å². The Balaban J connectivity index is 2.15. The molecule has 0 fully saturated rings. The fourth-order valence-electron chi connectivity index (χ4n) is 2.11. The molecule has 1 aromatic heterocycles. The van der Waals surface area contributed by atoms with Crippen LogP contribution in [0.1, 0.15) is 37.6 Å². The third kappa shape index (κ3) is 3.85. The topological polar surface area (TPSA) is 43.8 Å². The lowest BCUT2D eigenvalue weighted by Gasteiger charge is -2.15. The Morgan fingerprint density at radius 1 is 1.16 bits per heavy atom. The van der Waals surface area contributed by atoms with Crippen LogP contribution in [0.2, 0.25) is 0 Å². The van der Waals surface area contributed by atoms with Gasteiger partial charge in [-0.3, -0.25) is 0 Å². The van der Waals surface area contributed by atoms with Crippen molar-refractivity contribution in [3.63, 3.8) is 0 Å². The summed E-state index contributed by atoms with van der Waals surface area (Å²) in [5, 5.41) is 4.60. The molecule has 0 amide bonds. The summed E-state index contributed by atoms with van der Waals surface area (Å²) in [6.07, 6.45) is 0.943. The molecule has 19 heavy (non-hydrogen) atoms. The lowest BCUT2D eigenvalue weighted by atomic mass is 9.91. The number of hydrogen-bond acceptors (Lipinski definition) is 2. The Morgan fingerprint density at radius 2 is 1.79 bits per heavy atom. The zero-order valence-electron chi connectivity index (χ0n) is 12.3. The summed E-state index contributed by atoms with van der Waals surface area (Å²) in [7, 11) is 0. The van der Waals surface area contributed by atoms with Crippen LogP contribution < -0.4 is 5.73 Å². The van der Waals surface area contributed by atoms with Gasteiger partial charge in [-0.2, -0.15) is 5.10 Å². The maximum absolute atomic E-state index is 6.04. The van der Waals surface area contributed by atoms with Crippen molar-refractivity contribution in [3.8, 4) is 0 Å². The molecule has 0 aliphatic rings. The zero-order valence-corrected chi connectivity index (χ0v) is 12.3. The van der Waals surface area contributed by atoms with Crippen molar-refractivity contribution in [2.75, 3.05) is 5.73 Å². The molecule has 102 valence electrons. The van der Waals surface area contributed by atoms with Gasteiger partial charge in [0.25, 0.3) is 0 Å². The Bertz CT molecular complexity index is 544. The normalized spacial score (nSPS) is 11.8. The number of aryl methyl sites for hydroxylation is 1. The van der Waals surface area contributed by atoms with E-state index in [0.29, 0.717) is 0 Å². The van der Waals surface area contributed by atoms with Gasteiger partial charge in [-0.15, -0.1) is 0 Å². The van der Waals surface area contributed by atoms with Gasteiger partial charge < -0.3 is 5.73 Å². The van der Waals surface area contributed by atoms with E-state index < -0.39 is 0 Å². The van der Waals surface area contributed by atoms with Crippen molar-refractivity contribution in [2.24, 2.45) is 5.41 Å². The summed E-state index contributed by atoms with van der Waals surface area (Å²) in [5.74, 6) is 0.736. The molecule has 0 saturated carbocycles. The van der Waals surface area contributed by atoms with Crippen LogP contribution in [0, 0.1) is 12.3 Å². The maximum Gasteiger partial charge on any atom is 0.122 e. The van der Waals surface area contributed by atoms with Crippen molar-refractivity contribution < 1.29 is 0 Å². The average molecular weight is 257 g/mol. The monoisotopic (exact) mass is 257 g/mol. The lowest BCUT2D eigenvalue weighted by molar-refractivity contribution is 0.404. The minimum absolute atomic E-state index is 0.232. The molecule has 0 aliphatic heterocycles. The van der Waals surface area contributed by atoms with E-state index in [-0.39, 0.29) is 5.41 Å². The van der Waals surface area contributed by atoms with Crippen LogP contribution in [-0.4, -0.2) is 9.78 Å². The quantitative estimate of drug-likeness (QED) is 0.915. The molecular formula is C16H23N3. The standard InChI is InChI=1S/C16H23N3/c1-12-5-7-13(8-6-12)11-19-15(17)9-14(18-19)10-16(2,3)4/h5-9H,10-11,17H2,1-4H3. The summed E-state index contributed by atoms with van der Waals surface area (Å²) in [6.45, 7) is 9.45. The number of nitrogens with zero attached hydrogens (tertiary/aromatic N) is 2. The van der Waals surface area contributed by atoms with Crippen molar-refractivity contribution in [1.29, 1.82) is 0 Å². The minimum atomic E-state index is 0.232. The molecule has 2 N–H and O–H groups in total. The number of aromatic nitrogens is 2. The molecule has 0 unspecified atom stereocenters. The van der Waals surface area contributed by atoms with E-state index in [1.165, 1.54) is 11.1 Å². The van der Waals surface area contributed by atoms with E-state index >= 15 is 0 Å². The molecule has 2 rings (SSSR count). The highest BCUT2D eigenvalue weighted by atomic mass is 15.3. The van der Waals surface area contributed by atoms with E-state index in [1.807, 2.05) is 10.7 Å². The molecule has 1 aromatic carbocycles. The molecule has 3 heteroatoms. The third-order valence-corrected chi connectivity index (χ3v) is 3.03. The van der Waals surface area contributed by atoms with Crippen LogP contribution >= 0.6 is 0 Å². The second kappa shape index (κ2) is 5.08. The summed E-state index contributed by atoms with van der Waals surface area (Å²) in [4.78, 5) is 0. The van der Waals surface area contributed by atoms with Crippen LogP contribution in [0.15, 0.2) is 30.3 Å². The molecule has 1 heterocycles. The van der Waals surface area contributed by atoms with Gasteiger partial charge in [-0.25, -0.2) is 4.68 Å². The third-order valence-electron chi connectivity index (χ3n) is 3.03. The second-order valence-corrected chi connectivity index (χ2v) is 6.44. The Labute approximate surface area is 115 Å². The molecule has 0 aliphatic carbocycles. The van der Waals surface area contributed by atoms with Crippen LogP contribution in [0.25, 0.3) is 0 Å². The first-order chi connectivity index (χ1) is 8.83. The molecule has 0 atom stereocenters. The largest absolute Gasteiger partial charge is 0.384 e. The van der Waals surface area contributed by atoms with Gasteiger partial charge in [0.15, 0.2) is 0 Å². The molecular weight excluding hydrogens is 234 g/mol. The molecule has 2 aromatic rings. The smallest absolute Gasteiger partial charge is 0.122 e. The number of nitrogen functional groups attached to an aromatic ring is 1. The van der Waals surface area contributed by atoms with Crippen LogP contribution in [0.3, 0.4) is 0 Å². The first kappa shape index (κ1) is 13.7. The predicted octanol–water partition coefficient (Wildman–Crippen LogP) is 3.41. The average Bonchev–Trinajstić information content (AvgIpc) is 2.60. The van der Waals surface area contributed by atoms with Crippen LogP contribution in [0.4, 0.5) is 5.82 Å². The zero-order chi connectivity index (χ0) is 14.0. The lowest BCUT2D eigenvalue weighted by Crippen LogP contribution is -2.10. The number of nitrogens with two attached hydrogens (primary N) is 1. The van der Waals surface area contributed by atoms with Crippen molar-refractivity contribution in [2.45, 2.75) is 40.7 Å². The number of benzene rings is 1. The highest BCUT2D eigenvalue weighted by Crippen LogP contribution is 2.21. The molecule has 0 bridgehead atoms. The first-order valence-electron chi connectivity index (χ1n) is 6.71. The SMILES string of the molecule is Cc1ccc(Cn2nc(CC(C)(C)C)cc2N)cc1. The van der Waals surface area contributed by atoms with Gasteiger partial charge in [0, 0.05) is 6.07 Å². The Kier molecular flexibility index (Phi) is 3.65. The fourth-order valence-corrected chi connectivity index (χ4v) is 2.11. The van der Waals surface area contributed by atoms with E-state index in [9.17, 15) is 0 Å². The van der Waals surface area contributed by atoms with Crippen molar-refractivity contribution in [3.05, 3.63) is 47.2 Å². The minimum Gasteiger partial charge on any atom is -0.384 e. The van der Waals surface area contributed by atoms with Crippen LogP contribution in [0.5, 0.6) is 0 Å². The predicted molar refractivity (Wildman–Crippen MR) is 80.1 cm³/mol. The first-order valence-corrected chi connectivity index (χ1v) is 6.71. The second-order valence-electron chi connectivity index (χ2n) is 6.44. The van der Waals surface area contributed by atoms with E-state index in [1.54, 1.807) is 0 Å². The summed E-state index contributed by atoms with van der Waals surface area (Å²) < 4.78 is 1.88. The van der Waals surface area contributed by atoms with Gasteiger partial charge in [-0.1, -0.05) is 50.6 Å². The van der Waals surface area contributed by atoms with Gasteiger partial charge in [-0.05, 0) is 24.3 Å².